The van der Waals surface area contributed by atoms with Crippen LogP contribution in [0.3, 0.4) is 0 Å². The van der Waals surface area contributed by atoms with Crippen molar-refractivity contribution in [2.75, 3.05) is 16.8 Å². The Morgan fingerprint density at radius 1 is 1.00 bits per heavy atom. The number of aryl methyl sites for hydroxylation is 1. The number of hydrogen-bond donors (Lipinski definition) is 1. The van der Waals surface area contributed by atoms with Gasteiger partial charge in [0.1, 0.15) is 17.3 Å². The van der Waals surface area contributed by atoms with Crippen LogP contribution in [0.1, 0.15) is 18.1 Å². The highest BCUT2D eigenvalue weighted by atomic mass is 35.5. The molecule has 1 aliphatic rings. The van der Waals surface area contributed by atoms with Crippen LogP contribution in [-0.2, 0) is 9.59 Å². The maximum Gasteiger partial charge on any atom is 0.282 e. The number of nitrogens with one attached hydrogen (secondary N) is 1. The normalized spacial score (nSPS) is 13.7. The van der Waals surface area contributed by atoms with E-state index < -0.39 is 17.6 Å². The van der Waals surface area contributed by atoms with E-state index in [4.69, 9.17) is 16.3 Å². The number of benzene rings is 3. The lowest BCUT2D eigenvalue weighted by Gasteiger charge is -2.18. The van der Waals surface area contributed by atoms with Crippen LogP contribution in [0.15, 0.2) is 72.4 Å². The van der Waals surface area contributed by atoms with Crippen molar-refractivity contribution in [1.29, 1.82) is 0 Å². The van der Waals surface area contributed by atoms with Crippen LogP contribution in [0.2, 0.25) is 5.02 Å². The molecular weight excluding hydrogens is 431 g/mol. The molecule has 162 valence electrons. The first kappa shape index (κ1) is 21.6. The van der Waals surface area contributed by atoms with E-state index in [0.717, 1.165) is 4.90 Å². The van der Waals surface area contributed by atoms with Gasteiger partial charge in [-0.25, -0.2) is 9.29 Å². The van der Waals surface area contributed by atoms with Crippen molar-refractivity contribution in [1.82, 2.24) is 0 Å². The Balaban J connectivity index is 1.85. The number of ether oxygens (including phenoxy) is 1. The van der Waals surface area contributed by atoms with Gasteiger partial charge < -0.3 is 10.1 Å². The third-order valence-corrected chi connectivity index (χ3v) is 5.31. The van der Waals surface area contributed by atoms with E-state index in [9.17, 15) is 14.0 Å². The van der Waals surface area contributed by atoms with Crippen molar-refractivity contribution in [3.63, 3.8) is 0 Å². The van der Waals surface area contributed by atoms with E-state index in [1.165, 1.54) is 24.3 Å². The quantitative estimate of drug-likeness (QED) is 0.498. The van der Waals surface area contributed by atoms with Crippen LogP contribution >= 0.6 is 11.6 Å². The Hall–Kier alpha value is -3.64. The first-order valence-electron chi connectivity index (χ1n) is 10.0. The summed E-state index contributed by atoms with van der Waals surface area (Å²) in [6.45, 7) is 4.08. The van der Waals surface area contributed by atoms with Gasteiger partial charge in [-0.1, -0.05) is 41.9 Å². The van der Waals surface area contributed by atoms with Crippen molar-refractivity contribution in [3.05, 3.63) is 94.4 Å². The summed E-state index contributed by atoms with van der Waals surface area (Å²) < 4.78 is 19.2. The molecule has 4 rings (SSSR count). The first-order chi connectivity index (χ1) is 15.4. The molecule has 1 heterocycles. The van der Waals surface area contributed by atoms with Crippen LogP contribution in [0.25, 0.3) is 5.57 Å². The predicted molar refractivity (Wildman–Crippen MR) is 123 cm³/mol. The molecule has 0 fully saturated rings. The first-order valence-corrected chi connectivity index (χ1v) is 10.4. The summed E-state index contributed by atoms with van der Waals surface area (Å²) in [7, 11) is 0. The molecule has 5 nitrogen and oxygen atoms in total. The zero-order valence-corrected chi connectivity index (χ0v) is 18.2. The van der Waals surface area contributed by atoms with Gasteiger partial charge in [0.2, 0.25) is 0 Å². The summed E-state index contributed by atoms with van der Waals surface area (Å²) in [5, 5.41) is 3.49. The Bertz CT molecular complexity index is 1240. The summed E-state index contributed by atoms with van der Waals surface area (Å²) in [5.41, 5.74) is 2.28. The molecular formula is C25H20ClFN2O3. The number of para-hydroxylation sites is 2. The molecule has 2 amide bonds. The van der Waals surface area contributed by atoms with E-state index in [-0.39, 0.29) is 11.3 Å². The van der Waals surface area contributed by atoms with Gasteiger partial charge in [-0.2, -0.15) is 0 Å². The molecule has 0 radical (unpaired) electrons. The number of carbonyl (C=O) groups is 2. The Morgan fingerprint density at radius 3 is 2.44 bits per heavy atom. The van der Waals surface area contributed by atoms with Crippen LogP contribution in [0.5, 0.6) is 5.75 Å². The Labute approximate surface area is 190 Å². The minimum atomic E-state index is -0.536. The molecule has 3 aromatic rings. The molecule has 3 aromatic carbocycles. The number of imide groups is 1. The lowest BCUT2D eigenvalue weighted by molar-refractivity contribution is -0.120. The van der Waals surface area contributed by atoms with Crippen molar-refractivity contribution in [2.45, 2.75) is 13.8 Å². The van der Waals surface area contributed by atoms with E-state index in [2.05, 4.69) is 5.32 Å². The minimum absolute atomic E-state index is 0.0770. The van der Waals surface area contributed by atoms with E-state index in [1.54, 1.807) is 43.3 Å². The third kappa shape index (κ3) is 3.97. The van der Waals surface area contributed by atoms with Gasteiger partial charge in [0.25, 0.3) is 11.8 Å². The fourth-order valence-electron chi connectivity index (χ4n) is 3.56. The smallest absolute Gasteiger partial charge is 0.282 e. The molecule has 0 bridgehead atoms. The molecule has 0 saturated heterocycles. The van der Waals surface area contributed by atoms with Gasteiger partial charge in [-0.15, -0.1) is 0 Å². The monoisotopic (exact) mass is 450 g/mol. The van der Waals surface area contributed by atoms with E-state index in [0.29, 0.717) is 39.9 Å². The van der Waals surface area contributed by atoms with E-state index in [1.807, 2.05) is 13.0 Å². The lowest BCUT2D eigenvalue weighted by Crippen LogP contribution is -2.33. The number of amides is 2. The zero-order valence-electron chi connectivity index (χ0n) is 17.5. The third-order valence-electron chi connectivity index (χ3n) is 5.08. The number of halogens is 2. The zero-order chi connectivity index (χ0) is 22.8. The highest BCUT2D eigenvalue weighted by Gasteiger charge is 2.41. The summed E-state index contributed by atoms with van der Waals surface area (Å²) >= 11 is 6.15. The lowest BCUT2D eigenvalue weighted by atomic mass is 10.0. The highest BCUT2D eigenvalue weighted by Crippen LogP contribution is 2.37. The van der Waals surface area contributed by atoms with Crippen LogP contribution in [0, 0.1) is 12.7 Å². The molecule has 0 unspecified atom stereocenters. The molecule has 0 aliphatic carbocycles. The molecule has 32 heavy (non-hydrogen) atoms. The maximum absolute atomic E-state index is 13.5. The second-order valence-electron chi connectivity index (χ2n) is 7.19. The molecule has 0 atom stereocenters. The number of hydrogen-bond acceptors (Lipinski definition) is 4. The van der Waals surface area contributed by atoms with Crippen LogP contribution in [-0.4, -0.2) is 18.4 Å². The second-order valence-corrected chi connectivity index (χ2v) is 7.62. The summed E-state index contributed by atoms with van der Waals surface area (Å²) in [5.74, 6) is -0.960. The average Bonchev–Trinajstić information content (AvgIpc) is 3.01. The standard InChI is InChI=1S/C25H20ClFN2O3/c1-3-32-21-7-5-4-6-19(21)28-23-22(16-9-12-18(27)13-10-16)24(30)29(25(23)31)20-14-17(26)11-8-15(20)2/h4-14,28H,3H2,1-2H3. The van der Waals surface area contributed by atoms with Crippen molar-refractivity contribution in [3.8, 4) is 5.75 Å². The van der Waals surface area contributed by atoms with Gasteiger partial charge in [0.05, 0.1) is 23.6 Å². The number of carbonyl (C=O) groups excluding carboxylic acids is 2. The van der Waals surface area contributed by atoms with Gasteiger partial charge in [-0.3, -0.25) is 9.59 Å². The van der Waals surface area contributed by atoms with Gasteiger partial charge in [0, 0.05) is 5.02 Å². The Morgan fingerprint density at radius 2 is 1.72 bits per heavy atom. The number of rotatable bonds is 6. The van der Waals surface area contributed by atoms with Crippen LogP contribution in [0.4, 0.5) is 15.8 Å². The van der Waals surface area contributed by atoms with E-state index >= 15 is 0 Å². The second kappa shape index (κ2) is 8.85. The summed E-state index contributed by atoms with van der Waals surface area (Å²) in [6.07, 6.45) is 0. The van der Waals surface area contributed by atoms with Gasteiger partial charge >= 0.3 is 0 Å². The molecule has 1 N–H and O–H groups in total. The number of nitrogens with zero attached hydrogens (tertiary/aromatic N) is 1. The summed E-state index contributed by atoms with van der Waals surface area (Å²) in [4.78, 5) is 28.1. The molecule has 7 heteroatoms. The van der Waals surface area contributed by atoms with Crippen molar-refractivity contribution >= 4 is 40.4 Å². The van der Waals surface area contributed by atoms with Crippen molar-refractivity contribution in [2.24, 2.45) is 0 Å². The topological polar surface area (TPSA) is 58.6 Å². The minimum Gasteiger partial charge on any atom is -0.492 e. The molecule has 0 saturated carbocycles. The Kier molecular flexibility index (Phi) is 5.97. The highest BCUT2D eigenvalue weighted by molar-refractivity contribution is 6.46. The number of anilines is 2. The predicted octanol–water partition coefficient (Wildman–Crippen LogP) is 5.58. The molecule has 1 aliphatic heterocycles. The maximum atomic E-state index is 13.5. The van der Waals surface area contributed by atoms with Crippen LogP contribution < -0.4 is 15.0 Å². The average molecular weight is 451 g/mol. The summed E-state index contributed by atoms with van der Waals surface area (Å²) in [6, 6.07) is 17.6. The fraction of sp³-hybridized carbons (Fsp3) is 0.120. The van der Waals surface area contributed by atoms with Crippen molar-refractivity contribution < 1.29 is 18.7 Å². The van der Waals surface area contributed by atoms with Gasteiger partial charge in [0.15, 0.2) is 0 Å². The fourth-order valence-corrected chi connectivity index (χ4v) is 3.72. The molecule has 0 spiro atoms. The largest absolute Gasteiger partial charge is 0.492 e. The van der Waals surface area contributed by atoms with Gasteiger partial charge in [-0.05, 0) is 61.4 Å². The molecule has 0 aromatic heterocycles. The SMILES string of the molecule is CCOc1ccccc1NC1=C(c2ccc(F)cc2)C(=O)N(c2cc(Cl)ccc2C)C1=O.